The number of halogens is 1. The topological polar surface area (TPSA) is 0 Å². The largest absolute Gasteiger partial charge is 0.140 e. The fraction of sp³-hybridized carbons (Fsp3) is 0. The Morgan fingerprint density at radius 1 is 1.50 bits per heavy atom. The minimum atomic E-state index is -0.0486. The second-order valence-corrected chi connectivity index (χ2v) is 36.0. The van der Waals surface area contributed by atoms with Crippen LogP contribution in [0.1, 0.15) is 0 Å². The van der Waals surface area contributed by atoms with Gasteiger partial charge in [-0.15, -0.1) is 15.3 Å². The maximum absolute atomic E-state index is 3.53. The molecule has 0 aliphatic carbocycles. The molecule has 0 spiro atoms. The summed E-state index contributed by atoms with van der Waals surface area (Å²) in [5, 5.41) is 0. The van der Waals surface area contributed by atoms with Gasteiger partial charge in [-0.2, -0.15) is 0 Å². The molecule has 0 aromatic rings. The third-order valence-electron chi connectivity index (χ3n) is 0. The molecule has 0 aliphatic rings. The van der Waals surface area contributed by atoms with Gasteiger partial charge in [-0.3, -0.25) is 0 Å². The maximum Gasteiger partial charge on any atom is 0.0786 e. The Hall–Kier alpha value is 1.13. The third-order valence-corrected chi connectivity index (χ3v) is 0. The molecule has 0 saturated heterocycles. The van der Waals surface area contributed by atoms with Crippen LogP contribution in [0.4, 0.5) is 0 Å². The minimum absolute atomic E-state index is 0.0486. The van der Waals surface area contributed by atoms with Gasteiger partial charge in [0.05, 0.1) is 6.45 Å². The Balaban J connectivity index is 2.32. The summed E-state index contributed by atoms with van der Waals surface area (Å²) in [6.45, 7) is -0.0486. The fourth-order valence-corrected chi connectivity index (χ4v) is 0. The van der Waals surface area contributed by atoms with Crippen LogP contribution in [0.3, 0.4) is 0 Å². The standard InChI is InChI=1S/BrH7Si3/c1-4(2)3/h4H,2-3H3. The molecule has 0 aliphatic heterocycles. The van der Waals surface area contributed by atoms with Gasteiger partial charge >= 0.3 is 0 Å². The van der Waals surface area contributed by atoms with Gasteiger partial charge in [0.25, 0.3) is 0 Å². The molecule has 0 aromatic carbocycles. The summed E-state index contributed by atoms with van der Waals surface area (Å²) >= 11 is 3.53. The lowest BCUT2D eigenvalue weighted by Crippen LogP contribution is -1.98. The number of hydrogen-bond donors (Lipinski definition) is 0. The third kappa shape index (κ3) is 11.1. The number of hydrogen-bond acceptors (Lipinski definition) is 0. The molecular weight excluding hydrogens is 164 g/mol. The van der Waals surface area contributed by atoms with Crippen LogP contribution in [-0.4, -0.2) is 26.0 Å². The summed E-state index contributed by atoms with van der Waals surface area (Å²) in [6, 6.07) is 0. The predicted octanol–water partition coefficient (Wildman–Crippen LogP) is -2.17. The lowest BCUT2D eigenvalue weighted by atomic mass is 26.7. The average molecular weight is 171 g/mol. The van der Waals surface area contributed by atoms with Gasteiger partial charge in [-0.05, 0) is 0 Å². The van der Waals surface area contributed by atoms with E-state index in [0.717, 1.165) is 0 Å². The first kappa shape index (κ1) is 5.13. The maximum atomic E-state index is 3.53. The van der Waals surface area contributed by atoms with Crippen molar-refractivity contribution < 1.29 is 0 Å². The molecule has 0 fully saturated rings. The molecular formula is H7BrSi3. The lowest BCUT2D eigenvalue weighted by Gasteiger charge is -1.72. The van der Waals surface area contributed by atoms with E-state index >= 15 is 0 Å². The predicted molar refractivity (Wildman–Crippen MR) is 36.0 cm³/mol. The summed E-state index contributed by atoms with van der Waals surface area (Å²) in [6.07, 6.45) is 0. The van der Waals surface area contributed by atoms with Crippen molar-refractivity contribution in [3.8, 4) is 0 Å². The highest BCUT2D eigenvalue weighted by Crippen LogP contribution is 1.72. The molecule has 0 nitrogen and oxygen atoms in total. The second-order valence-electron chi connectivity index (χ2n) is 1.01. The van der Waals surface area contributed by atoms with E-state index in [1.165, 1.54) is 19.5 Å². The first-order valence-electron chi connectivity index (χ1n) is 1.37. The van der Waals surface area contributed by atoms with Gasteiger partial charge in [0, 0.05) is 19.5 Å². The molecule has 0 heterocycles. The van der Waals surface area contributed by atoms with E-state index in [-0.39, 0.29) is 6.45 Å². The monoisotopic (exact) mass is 170 g/mol. The average Bonchev–Trinajstić information content (AvgIpc) is 0.811. The molecule has 0 atom stereocenters. The van der Waals surface area contributed by atoms with Crippen LogP contribution in [0.15, 0.2) is 0 Å². The summed E-state index contributed by atoms with van der Waals surface area (Å²) < 4.78 is 0. The van der Waals surface area contributed by atoms with Gasteiger partial charge < -0.3 is 0 Å². The quantitative estimate of drug-likeness (QED) is 0.287. The van der Waals surface area contributed by atoms with Crippen molar-refractivity contribution in [2.24, 2.45) is 0 Å². The van der Waals surface area contributed by atoms with Crippen LogP contribution in [0.2, 0.25) is 0 Å². The summed E-state index contributed by atoms with van der Waals surface area (Å²) in [5.74, 6) is 0. The van der Waals surface area contributed by atoms with Crippen LogP contribution < -0.4 is 0 Å². The molecule has 0 amide bonds. The first-order valence-corrected chi connectivity index (χ1v) is 13.8. The normalized spacial score (nSPS) is 17.2. The Bertz CT molecular complexity index is 8.00. The molecule has 4 heavy (non-hydrogen) atoms. The highest BCUT2D eigenvalue weighted by atomic mass is 79.9. The smallest absolute Gasteiger partial charge is 0.0786 e. The van der Waals surface area contributed by atoms with Crippen LogP contribution >= 0.6 is 15.3 Å². The summed E-state index contributed by atoms with van der Waals surface area (Å²) in [5.41, 5.74) is 0. The highest BCUT2D eigenvalue weighted by molar-refractivity contribution is 9.27. The molecule has 0 rings (SSSR count). The summed E-state index contributed by atoms with van der Waals surface area (Å²) in [4.78, 5) is 0. The van der Waals surface area contributed by atoms with Crippen molar-refractivity contribution in [1.29, 1.82) is 0 Å². The SMILES string of the molecule is [SiH3][SiH]([SiH3])Br. The van der Waals surface area contributed by atoms with E-state index in [1.54, 1.807) is 0 Å². The van der Waals surface area contributed by atoms with Gasteiger partial charge in [-0.1, -0.05) is 0 Å². The molecule has 0 unspecified atom stereocenters. The van der Waals surface area contributed by atoms with Crippen molar-refractivity contribution in [3.63, 3.8) is 0 Å². The van der Waals surface area contributed by atoms with Gasteiger partial charge in [0.1, 0.15) is 0 Å². The zero-order valence-corrected chi connectivity index (χ0v) is 9.70. The molecule has 0 N–H and O–H groups in total. The van der Waals surface area contributed by atoms with Crippen LogP contribution in [0.25, 0.3) is 0 Å². The van der Waals surface area contributed by atoms with Crippen LogP contribution in [0.5, 0.6) is 0 Å². The minimum Gasteiger partial charge on any atom is -0.140 e. The summed E-state index contributed by atoms with van der Waals surface area (Å²) in [7, 11) is 2.93. The van der Waals surface area contributed by atoms with E-state index in [0.29, 0.717) is 0 Å². The van der Waals surface area contributed by atoms with Gasteiger partial charge in [0.2, 0.25) is 0 Å². The van der Waals surface area contributed by atoms with Crippen molar-refractivity contribution in [2.45, 2.75) is 0 Å². The van der Waals surface area contributed by atoms with Crippen molar-refractivity contribution in [2.75, 3.05) is 0 Å². The second kappa shape index (κ2) is 2.37. The van der Waals surface area contributed by atoms with Gasteiger partial charge in [-0.25, -0.2) is 0 Å². The fourth-order valence-electron chi connectivity index (χ4n) is 0. The van der Waals surface area contributed by atoms with E-state index in [9.17, 15) is 0 Å². The molecule has 0 aromatic heterocycles. The van der Waals surface area contributed by atoms with Crippen molar-refractivity contribution >= 4 is 41.3 Å². The Morgan fingerprint density at radius 2 is 1.50 bits per heavy atom. The zero-order valence-electron chi connectivity index (χ0n) is 2.96. The Morgan fingerprint density at radius 3 is 1.50 bits per heavy atom. The van der Waals surface area contributed by atoms with Gasteiger partial charge in [0.15, 0.2) is 0 Å². The molecule has 0 bridgehead atoms. The number of rotatable bonds is 0. The van der Waals surface area contributed by atoms with E-state index in [1.807, 2.05) is 0 Å². The van der Waals surface area contributed by atoms with E-state index in [2.05, 4.69) is 15.3 Å². The van der Waals surface area contributed by atoms with Crippen molar-refractivity contribution in [3.05, 3.63) is 0 Å². The van der Waals surface area contributed by atoms with Crippen LogP contribution in [-0.2, 0) is 0 Å². The van der Waals surface area contributed by atoms with Crippen molar-refractivity contribution in [1.82, 2.24) is 0 Å². The Kier molecular flexibility index (Phi) is 3.04. The molecule has 0 radical (unpaired) electrons. The molecule has 4 heteroatoms. The zero-order chi connectivity index (χ0) is 3.58. The van der Waals surface area contributed by atoms with E-state index in [4.69, 9.17) is 0 Å². The van der Waals surface area contributed by atoms with Crippen LogP contribution in [0, 0.1) is 0 Å². The first-order chi connectivity index (χ1) is 1.73. The highest BCUT2D eigenvalue weighted by Gasteiger charge is 1.75. The van der Waals surface area contributed by atoms with E-state index < -0.39 is 0 Å². The lowest BCUT2D eigenvalue weighted by molar-refractivity contribution is 4.23. The molecule has 26 valence electrons. The Labute approximate surface area is 41.6 Å². The molecule has 0 saturated carbocycles.